The summed E-state index contributed by atoms with van der Waals surface area (Å²) in [7, 11) is 0. The molecule has 1 atom stereocenters. The maximum atomic E-state index is 10.6. The van der Waals surface area contributed by atoms with Crippen LogP contribution in [0.15, 0.2) is 12.1 Å². The number of aryl methyl sites for hydroxylation is 2. The molecule has 1 aromatic rings. The first-order chi connectivity index (χ1) is 6.91. The van der Waals surface area contributed by atoms with E-state index in [0.717, 1.165) is 16.7 Å². The van der Waals surface area contributed by atoms with Gasteiger partial charge in [0.15, 0.2) is 0 Å². The molecule has 0 radical (unpaired) electrons. The van der Waals surface area contributed by atoms with Gasteiger partial charge in [0.1, 0.15) is 11.8 Å². The Hall–Kier alpha value is -1.55. The van der Waals surface area contributed by atoms with Crippen molar-refractivity contribution >= 4 is 5.97 Å². The van der Waals surface area contributed by atoms with Crippen molar-refractivity contribution in [2.75, 3.05) is 0 Å². The third-order valence-electron chi connectivity index (χ3n) is 2.41. The van der Waals surface area contributed by atoms with E-state index in [1.807, 2.05) is 6.92 Å². The van der Waals surface area contributed by atoms with Crippen LogP contribution in [0.4, 0.5) is 0 Å². The van der Waals surface area contributed by atoms with Crippen LogP contribution in [0.25, 0.3) is 0 Å². The van der Waals surface area contributed by atoms with E-state index >= 15 is 0 Å². The average Bonchev–Trinajstić information content (AvgIpc) is 2.13. The summed E-state index contributed by atoms with van der Waals surface area (Å²) in [5.41, 5.74) is 7.89. The summed E-state index contributed by atoms with van der Waals surface area (Å²) < 4.78 is 0. The van der Waals surface area contributed by atoms with Gasteiger partial charge >= 0.3 is 5.97 Å². The largest absolute Gasteiger partial charge is 0.508 e. The van der Waals surface area contributed by atoms with E-state index in [2.05, 4.69) is 0 Å². The highest BCUT2D eigenvalue weighted by molar-refractivity contribution is 5.73. The van der Waals surface area contributed by atoms with Crippen molar-refractivity contribution in [3.63, 3.8) is 0 Å². The summed E-state index contributed by atoms with van der Waals surface area (Å²) in [6.07, 6.45) is 0.280. The second-order valence-corrected chi connectivity index (χ2v) is 3.71. The van der Waals surface area contributed by atoms with Gasteiger partial charge in [0.05, 0.1) is 0 Å². The summed E-state index contributed by atoms with van der Waals surface area (Å²) >= 11 is 0. The lowest BCUT2D eigenvalue weighted by Crippen LogP contribution is -2.32. The van der Waals surface area contributed by atoms with Crippen LogP contribution in [-0.4, -0.2) is 22.2 Å². The summed E-state index contributed by atoms with van der Waals surface area (Å²) in [4.78, 5) is 10.6. The summed E-state index contributed by atoms with van der Waals surface area (Å²) in [5, 5.41) is 18.1. The number of rotatable bonds is 3. The second kappa shape index (κ2) is 4.31. The van der Waals surface area contributed by atoms with Crippen LogP contribution >= 0.6 is 0 Å². The monoisotopic (exact) mass is 209 g/mol. The molecular weight excluding hydrogens is 194 g/mol. The first-order valence-electron chi connectivity index (χ1n) is 4.69. The molecule has 4 heteroatoms. The van der Waals surface area contributed by atoms with Gasteiger partial charge in [-0.05, 0) is 43.0 Å². The molecule has 15 heavy (non-hydrogen) atoms. The van der Waals surface area contributed by atoms with Gasteiger partial charge in [0.25, 0.3) is 0 Å². The molecular formula is C11H15NO3. The van der Waals surface area contributed by atoms with Crippen molar-refractivity contribution in [1.29, 1.82) is 0 Å². The van der Waals surface area contributed by atoms with Crippen LogP contribution in [0.3, 0.4) is 0 Å². The molecule has 0 spiro atoms. The minimum absolute atomic E-state index is 0.222. The fourth-order valence-electron chi connectivity index (χ4n) is 1.40. The maximum Gasteiger partial charge on any atom is 0.320 e. The molecule has 1 aromatic carbocycles. The van der Waals surface area contributed by atoms with Crippen LogP contribution in [0.5, 0.6) is 5.75 Å². The topological polar surface area (TPSA) is 83.6 Å². The van der Waals surface area contributed by atoms with E-state index in [-0.39, 0.29) is 12.2 Å². The fourth-order valence-corrected chi connectivity index (χ4v) is 1.40. The van der Waals surface area contributed by atoms with Gasteiger partial charge in [-0.15, -0.1) is 0 Å². The number of phenolic OH excluding ortho intramolecular Hbond substituents is 1. The number of carboxylic acids is 1. The van der Waals surface area contributed by atoms with Gasteiger partial charge in [-0.3, -0.25) is 4.79 Å². The molecule has 0 aliphatic carbocycles. The molecule has 1 unspecified atom stereocenters. The normalized spacial score (nSPS) is 12.5. The highest BCUT2D eigenvalue weighted by Gasteiger charge is 2.14. The smallest absolute Gasteiger partial charge is 0.320 e. The molecule has 0 aliphatic heterocycles. The SMILES string of the molecule is Cc1cc(CC(N)C(=O)O)c(C)cc1O. The Morgan fingerprint density at radius 3 is 2.53 bits per heavy atom. The lowest BCUT2D eigenvalue weighted by Gasteiger charge is -2.11. The van der Waals surface area contributed by atoms with Gasteiger partial charge in [0, 0.05) is 0 Å². The number of hydrogen-bond acceptors (Lipinski definition) is 3. The van der Waals surface area contributed by atoms with Crippen LogP contribution in [0.2, 0.25) is 0 Å². The van der Waals surface area contributed by atoms with E-state index in [1.165, 1.54) is 0 Å². The Morgan fingerprint density at radius 2 is 2.00 bits per heavy atom. The first-order valence-corrected chi connectivity index (χ1v) is 4.69. The quantitative estimate of drug-likeness (QED) is 0.692. The second-order valence-electron chi connectivity index (χ2n) is 3.71. The minimum Gasteiger partial charge on any atom is -0.508 e. The third kappa shape index (κ3) is 2.70. The van der Waals surface area contributed by atoms with Crippen molar-refractivity contribution in [3.8, 4) is 5.75 Å². The van der Waals surface area contributed by atoms with E-state index in [1.54, 1.807) is 19.1 Å². The number of aliphatic carboxylic acids is 1. The lowest BCUT2D eigenvalue weighted by atomic mass is 9.99. The molecule has 0 amide bonds. The van der Waals surface area contributed by atoms with Gasteiger partial charge < -0.3 is 15.9 Å². The molecule has 0 bridgehead atoms. The fraction of sp³-hybridized carbons (Fsp3) is 0.364. The average molecular weight is 209 g/mol. The Labute approximate surface area is 88.3 Å². The van der Waals surface area contributed by atoms with Crippen molar-refractivity contribution in [2.45, 2.75) is 26.3 Å². The van der Waals surface area contributed by atoms with E-state index < -0.39 is 12.0 Å². The molecule has 1 rings (SSSR count). The molecule has 0 aliphatic rings. The van der Waals surface area contributed by atoms with E-state index in [0.29, 0.717) is 0 Å². The van der Waals surface area contributed by atoms with E-state index in [9.17, 15) is 9.90 Å². The van der Waals surface area contributed by atoms with Crippen LogP contribution in [0.1, 0.15) is 16.7 Å². The van der Waals surface area contributed by atoms with Crippen molar-refractivity contribution in [1.82, 2.24) is 0 Å². The number of hydrogen-bond donors (Lipinski definition) is 3. The van der Waals surface area contributed by atoms with Crippen molar-refractivity contribution in [2.24, 2.45) is 5.73 Å². The summed E-state index contributed by atoms with van der Waals surface area (Å²) in [5.74, 6) is -0.791. The van der Waals surface area contributed by atoms with Crippen molar-refractivity contribution in [3.05, 3.63) is 28.8 Å². The molecule has 0 heterocycles. The Morgan fingerprint density at radius 1 is 1.40 bits per heavy atom. The molecule has 0 fully saturated rings. The first kappa shape index (κ1) is 11.5. The molecule has 0 saturated carbocycles. The number of phenols is 1. The summed E-state index contributed by atoms with van der Waals surface area (Å²) in [6, 6.07) is 2.50. The number of aromatic hydroxyl groups is 1. The Balaban J connectivity index is 2.95. The van der Waals surface area contributed by atoms with Crippen LogP contribution in [0, 0.1) is 13.8 Å². The highest BCUT2D eigenvalue weighted by atomic mass is 16.4. The van der Waals surface area contributed by atoms with Gasteiger partial charge in [-0.25, -0.2) is 0 Å². The zero-order chi connectivity index (χ0) is 11.6. The molecule has 82 valence electrons. The standard InChI is InChI=1S/C11H15NO3/c1-6-4-10(13)7(2)3-8(6)5-9(12)11(14)15/h3-4,9,13H,5,12H2,1-2H3,(H,14,15). The molecule has 4 nitrogen and oxygen atoms in total. The zero-order valence-electron chi connectivity index (χ0n) is 8.82. The highest BCUT2D eigenvalue weighted by Crippen LogP contribution is 2.21. The van der Waals surface area contributed by atoms with Crippen LogP contribution in [-0.2, 0) is 11.2 Å². The Kier molecular flexibility index (Phi) is 3.31. The predicted octanol–water partition coefficient (Wildman–Crippen LogP) is 0.963. The zero-order valence-corrected chi connectivity index (χ0v) is 8.82. The lowest BCUT2D eigenvalue weighted by molar-refractivity contribution is -0.138. The maximum absolute atomic E-state index is 10.6. The predicted molar refractivity (Wildman–Crippen MR) is 56.9 cm³/mol. The number of carbonyl (C=O) groups is 1. The molecule has 4 N–H and O–H groups in total. The van der Waals surface area contributed by atoms with Gasteiger partial charge in [0.2, 0.25) is 0 Å². The number of carboxylic acid groups (broad SMARTS) is 1. The van der Waals surface area contributed by atoms with Crippen LogP contribution < -0.4 is 5.73 Å². The molecule has 0 saturated heterocycles. The summed E-state index contributed by atoms with van der Waals surface area (Å²) in [6.45, 7) is 3.59. The van der Waals surface area contributed by atoms with E-state index in [4.69, 9.17) is 10.8 Å². The van der Waals surface area contributed by atoms with Gasteiger partial charge in [-0.2, -0.15) is 0 Å². The Bertz CT molecular complexity index is 388. The van der Waals surface area contributed by atoms with Gasteiger partial charge in [-0.1, -0.05) is 6.07 Å². The van der Waals surface area contributed by atoms with Crippen molar-refractivity contribution < 1.29 is 15.0 Å². The number of nitrogens with two attached hydrogens (primary N) is 1. The number of benzene rings is 1. The molecule has 0 aromatic heterocycles. The minimum atomic E-state index is -1.01. The third-order valence-corrected chi connectivity index (χ3v) is 2.41.